The second-order valence-corrected chi connectivity index (χ2v) is 14.0. The number of rotatable bonds is 12. The molecule has 12 heteroatoms. The van der Waals surface area contributed by atoms with Gasteiger partial charge in [-0.3, -0.25) is 14.4 Å². The van der Waals surface area contributed by atoms with E-state index < -0.39 is 41.1 Å². The number of carbonyl (C=O) groups is 4. The highest BCUT2D eigenvalue weighted by Crippen LogP contribution is 2.30. The summed E-state index contributed by atoms with van der Waals surface area (Å²) in [6.45, 7) is 9.59. The van der Waals surface area contributed by atoms with Gasteiger partial charge in [0.2, 0.25) is 11.8 Å². The lowest BCUT2D eigenvalue weighted by atomic mass is 9.97. The van der Waals surface area contributed by atoms with E-state index in [9.17, 15) is 19.2 Å². The molecule has 50 heavy (non-hydrogen) atoms. The van der Waals surface area contributed by atoms with Gasteiger partial charge in [0.25, 0.3) is 5.91 Å². The number of likely N-dealkylation sites (tertiary alicyclic amines) is 1. The van der Waals surface area contributed by atoms with Crippen LogP contribution in [0, 0.1) is 0 Å². The Kier molecular flexibility index (Phi) is 11.2. The van der Waals surface area contributed by atoms with Gasteiger partial charge >= 0.3 is 6.09 Å². The quantitative estimate of drug-likeness (QED) is 0.187. The van der Waals surface area contributed by atoms with E-state index in [-0.39, 0.29) is 24.9 Å². The molecular weight excluding hydrogens is 636 g/mol. The van der Waals surface area contributed by atoms with Gasteiger partial charge in [-0.2, -0.15) is 0 Å². The number of carbonyl (C=O) groups excluding carboxylic acids is 4. The lowest BCUT2D eigenvalue weighted by Gasteiger charge is -2.29. The van der Waals surface area contributed by atoms with Crippen LogP contribution in [0.25, 0.3) is 10.8 Å². The molecule has 5 rings (SSSR count). The fraction of sp³-hybridized carbons (Fsp3) is 0.395. The number of aromatic nitrogens is 2. The van der Waals surface area contributed by atoms with E-state index in [0.29, 0.717) is 13.1 Å². The Bertz CT molecular complexity index is 1800. The molecule has 1 fully saturated rings. The topological polar surface area (TPSA) is 144 Å². The maximum Gasteiger partial charge on any atom is 0.408 e. The van der Waals surface area contributed by atoms with Gasteiger partial charge in [0, 0.05) is 19.3 Å². The minimum Gasteiger partial charge on any atom is -0.444 e. The predicted molar refractivity (Wildman–Crippen MR) is 190 cm³/mol. The number of imidazole rings is 1. The average molecular weight is 683 g/mol. The summed E-state index contributed by atoms with van der Waals surface area (Å²) in [6.07, 6.45) is 4.28. The molecule has 4 aromatic rings. The number of hydrogen-bond acceptors (Lipinski definition) is 7. The molecule has 0 radical (unpaired) electrons. The number of nitrogens with zero attached hydrogens (tertiary/aromatic N) is 3. The van der Waals surface area contributed by atoms with Crippen LogP contribution < -0.4 is 16.0 Å². The van der Waals surface area contributed by atoms with Crippen molar-refractivity contribution in [2.75, 3.05) is 25.0 Å². The summed E-state index contributed by atoms with van der Waals surface area (Å²) in [7, 11) is 0. The van der Waals surface area contributed by atoms with Crippen LogP contribution >= 0.6 is 0 Å². The van der Waals surface area contributed by atoms with Gasteiger partial charge in [-0.25, -0.2) is 9.78 Å². The Hall–Kier alpha value is -5.23. The van der Waals surface area contributed by atoms with Crippen molar-refractivity contribution in [2.45, 2.75) is 77.3 Å². The highest BCUT2D eigenvalue weighted by Gasteiger charge is 2.35. The number of alkyl carbamates (subject to hydrolysis) is 1. The average Bonchev–Trinajstić information content (AvgIpc) is 3.77. The molecule has 4 amide bonds. The van der Waals surface area contributed by atoms with Gasteiger partial charge in [-0.15, -0.1) is 0 Å². The molecule has 2 heterocycles. The molecule has 1 aliphatic heterocycles. The first kappa shape index (κ1) is 36.1. The van der Waals surface area contributed by atoms with Crippen molar-refractivity contribution in [3.8, 4) is 0 Å². The van der Waals surface area contributed by atoms with Crippen LogP contribution in [0.4, 0.5) is 10.6 Å². The number of ether oxygens (including phenoxy) is 2. The zero-order valence-corrected chi connectivity index (χ0v) is 29.3. The van der Waals surface area contributed by atoms with Gasteiger partial charge < -0.3 is 34.9 Å². The van der Waals surface area contributed by atoms with Gasteiger partial charge in [-0.05, 0) is 69.4 Å². The number of hydrogen-bond donors (Lipinski definition) is 3. The minimum atomic E-state index is -1.43. The van der Waals surface area contributed by atoms with Crippen LogP contribution in [0.5, 0.6) is 0 Å². The summed E-state index contributed by atoms with van der Waals surface area (Å²) in [4.78, 5) is 60.0. The second kappa shape index (κ2) is 15.5. The Morgan fingerprint density at radius 2 is 1.56 bits per heavy atom. The number of amides is 4. The molecule has 3 N–H and O–H groups in total. The summed E-state index contributed by atoms with van der Waals surface area (Å²) < 4.78 is 12.9. The Morgan fingerprint density at radius 3 is 2.28 bits per heavy atom. The molecule has 1 unspecified atom stereocenters. The van der Waals surface area contributed by atoms with E-state index in [1.165, 1.54) is 20.2 Å². The molecule has 12 nitrogen and oxygen atoms in total. The zero-order chi connectivity index (χ0) is 35.9. The van der Waals surface area contributed by atoms with E-state index in [2.05, 4.69) is 20.9 Å². The molecule has 264 valence electrons. The summed E-state index contributed by atoms with van der Waals surface area (Å²) in [5.74, 6) is -1.06. The number of nitrogens with one attached hydrogen (secondary N) is 3. The molecular formula is C38H46N6O6. The number of fused-ring (bicyclic) bond motifs is 1. The van der Waals surface area contributed by atoms with E-state index in [4.69, 9.17) is 9.47 Å². The third kappa shape index (κ3) is 9.26. The number of anilines is 1. The van der Waals surface area contributed by atoms with Crippen molar-refractivity contribution in [1.29, 1.82) is 0 Å². The Balaban J connectivity index is 1.36. The van der Waals surface area contributed by atoms with Crippen LogP contribution in [-0.4, -0.2) is 75.1 Å². The SMILES string of the molecule is CC(C)(C)OC(=O)NC(C)(C)C(=O)N[C@H](COCc1ccccc1)C(=O)Nc1cn(C(C(=O)N2CCCC2)c2cccc3ccccc23)cn1. The molecule has 1 aromatic heterocycles. The second-order valence-electron chi connectivity index (χ2n) is 14.0. The molecule has 2 atom stereocenters. The van der Waals surface area contributed by atoms with Crippen molar-refractivity contribution in [2.24, 2.45) is 0 Å². The first-order valence-electron chi connectivity index (χ1n) is 16.9. The van der Waals surface area contributed by atoms with E-state index in [1.807, 2.05) is 77.7 Å². The maximum atomic E-state index is 14.0. The molecule has 0 saturated carbocycles. The Labute approximate surface area is 292 Å². The van der Waals surface area contributed by atoms with Crippen molar-refractivity contribution in [3.63, 3.8) is 0 Å². The van der Waals surface area contributed by atoms with Gasteiger partial charge in [0.15, 0.2) is 5.82 Å². The summed E-state index contributed by atoms with van der Waals surface area (Å²) in [5, 5.41) is 10.0. The van der Waals surface area contributed by atoms with Crippen LogP contribution in [0.3, 0.4) is 0 Å². The van der Waals surface area contributed by atoms with Crippen LogP contribution in [0.1, 0.15) is 64.6 Å². The summed E-state index contributed by atoms with van der Waals surface area (Å²) in [5.41, 5.74) is -0.469. The maximum absolute atomic E-state index is 14.0. The molecule has 0 spiro atoms. The smallest absolute Gasteiger partial charge is 0.408 e. The predicted octanol–water partition coefficient (Wildman–Crippen LogP) is 5.19. The third-order valence-corrected chi connectivity index (χ3v) is 8.32. The van der Waals surface area contributed by atoms with Crippen LogP contribution in [-0.2, 0) is 30.5 Å². The Morgan fingerprint density at radius 1 is 0.880 bits per heavy atom. The zero-order valence-electron chi connectivity index (χ0n) is 29.3. The van der Waals surface area contributed by atoms with Gasteiger partial charge in [0.1, 0.15) is 23.2 Å². The highest BCUT2D eigenvalue weighted by molar-refractivity contribution is 5.99. The number of benzene rings is 3. The van der Waals surface area contributed by atoms with Gasteiger partial charge in [0.05, 0.1) is 19.5 Å². The van der Waals surface area contributed by atoms with Crippen molar-refractivity contribution in [1.82, 2.24) is 25.1 Å². The van der Waals surface area contributed by atoms with Crippen molar-refractivity contribution < 1.29 is 28.7 Å². The molecule has 1 saturated heterocycles. The fourth-order valence-corrected chi connectivity index (χ4v) is 5.78. The van der Waals surface area contributed by atoms with E-state index in [0.717, 1.165) is 34.7 Å². The fourth-order valence-electron chi connectivity index (χ4n) is 5.78. The lowest BCUT2D eigenvalue weighted by molar-refractivity contribution is -0.132. The van der Waals surface area contributed by atoms with Gasteiger partial charge in [-0.1, -0.05) is 72.8 Å². The van der Waals surface area contributed by atoms with E-state index >= 15 is 0 Å². The first-order chi connectivity index (χ1) is 23.8. The first-order valence-corrected chi connectivity index (χ1v) is 16.9. The van der Waals surface area contributed by atoms with Crippen LogP contribution in [0.2, 0.25) is 0 Å². The van der Waals surface area contributed by atoms with Crippen molar-refractivity contribution >= 4 is 40.4 Å². The highest BCUT2D eigenvalue weighted by atomic mass is 16.6. The van der Waals surface area contributed by atoms with Crippen LogP contribution in [0.15, 0.2) is 85.3 Å². The van der Waals surface area contributed by atoms with E-state index in [1.54, 1.807) is 31.5 Å². The summed E-state index contributed by atoms with van der Waals surface area (Å²) >= 11 is 0. The van der Waals surface area contributed by atoms with Crippen molar-refractivity contribution in [3.05, 3.63) is 96.4 Å². The monoisotopic (exact) mass is 682 g/mol. The largest absolute Gasteiger partial charge is 0.444 e. The standard InChI is InChI=1S/C38H46N6O6/c1-37(2,3)50-36(48)42-38(4,5)35(47)40-30(24-49-23-26-14-7-6-8-15-26)33(45)41-31-22-44(25-39-31)32(34(46)43-20-11-12-21-43)29-19-13-17-27-16-9-10-18-28(27)29/h6-10,13-19,22,25,30,32H,11-12,20-21,23-24H2,1-5H3,(H,40,47)(H,41,45)(H,42,48)/t30-,32?/m1/s1. The summed E-state index contributed by atoms with van der Waals surface area (Å²) in [6, 6.07) is 21.4. The molecule has 3 aromatic carbocycles. The third-order valence-electron chi connectivity index (χ3n) is 8.32. The lowest BCUT2D eigenvalue weighted by Crippen LogP contribution is -2.59. The molecule has 0 bridgehead atoms. The normalized spacial score (nSPS) is 14.5. The minimum absolute atomic E-state index is 0.0479. The molecule has 1 aliphatic rings. The molecule has 0 aliphatic carbocycles.